The Hall–Kier alpha value is -2.30. The Bertz CT molecular complexity index is 923. The maximum Gasteiger partial charge on any atom is 0.357 e. The molecular formula is C18H23N3O5S2. The normalized spacial score (nSPS) is 11.4. The van der Waals surface area contributed by atoms with Crippen molar-refractivity contribution in [3.05, 3.63) is 40.3 Å². The monoisotopic (exact) mass is 425 g/mol. The number of rotatable bonds is 9. The predicted molar refractivity (Wildman–Crippen MR) is 107 cm³/mol. The van der Waals surface area contributed by atoms with Gasteiger partial charge in [-0.1, -0.05) is 6.92 Å². The standard InChI is InChI=1S/C18H23N3O5S2/c1-4-10-21(11-17-20-16(12-27-17)18(23)26-5-2)28(24,25)15-8-6-14(7-9-15)19-13(3)22/h6-9,12H,4-5,10-11H2,1-3H3,(H,19,22). The lowest BCUT2D eigenvalue weighted by Crippen LogP contribution is -2.31. The van der Waals surface area contributed by atoms with Crippen molar-refractivity contribution in [2.24, 2.45) is 0 Å². The zero-order chi connectivity index (χ0) is 20.7. The Labute approximate surface area is 168 Å². The second-order valence-electron chi connectivity index (χ2n) is 5.89. The van der Waals surface area contributed by atoms with Gasteiger partial charge in [0.05, 0.1) is 18.0 Å². The van der Waals surface area contributed by atoms with Crippen LogP contribution < -0.4 is 5.32 Å². The summed E-state index contributed by atoms with van der Waals surface area (Å²) in [5.41, 5.74) is 0.697. The van der Waals surface area contributed by atoms with Gasteiger partial charge in [-0.15, -0.1) is 11.3 Å². The van der Waals surface area contributed by atoms with Crippen molar-refractivity contribution in [1.82, 2.24) is 9.29 Å². The van der Waals surface area contributed by atoms with Crippen molar-refractivity contribution in [1.29, 1.82) is 0 Å². The molecule has 1 amide bonds. The Balaban J connectivity index is 2.22. The molecule has 0 spiro atoms. The molecule has 1 N–H and O–H groups in total. The first-order valence-electron chi connectivity index (χ1n) is 8.77. The van der Waals surface area contributed by atoms with Gasteiger partial charge in [-0.05, 0) is 37.6 Å². The largest absolute Gasteiger partial charge is 0.461 e. The third kappa shape index (κ3) is 5.60. The average molecular weight is 426 g/mol. The fourth-order valence-electron chi connectivity index (χ4n) is 2.43. The molecule has 0 saturated carbocycles. The highest BCUT2D eigenvalue weighted by Gasteiger charge is 2.25. The first-order chi connectivity index (χ1) is 13.3. The molecule has 0 bridgehead atoms. The molecule has 1 heterocycles. The van der Waals surface area contributed by atoms with E-state index in [1.54, 1.807) is 24.4 Å². The zero-order valence-corrected chi connectivity index (χ0v) is 17.6. The minimum absolute atomic E-state index is 0.0632. The summed E-state index contributed by atoms with van der Waals surface area (Å²) in [5, 5.41) is 4.67. The van der Waals surface area contributed by atoms with Crippen molar-refractivity contribution in [3.8, 4) is 0 Å². The van der Waals surface area contributed by atoms with Gasteiger partial charge in [0.1, 0.15) is 5.01 Å². The Morgan fingerprint density at radius 3 is 2.46 bits per heavy atom. The van der Waals surface area contributed by atoms with E-state index in [1.807, 2.05) is 6.92 Å². The van der Waals surface area contributed by atoms with Gasteiger partial charge in [0.15, 0.2) is 5.69 Å². The number of anilines is 1. The van der Waals surface area contributed by atoms with Crippen LogP contribution in [0.25, 0.3) is 0 Å². The number of amides is 1. The lowest BCUT2D eigenvalue weighted by molar-refractivity contribution is -0.114. The van der Waals surface area contributed by atoms with Crippen LogP contribution in [0.15, 0.2) is 34.5 Å². The number of thiazole rings is 1. The van der Waals surface area contributed by atoms with Crippen molar-refractivity contribution in [3.63, 3.8) is 0 Å². The number of carbonyl (C=O) groups is 2. The lowest BCUT2D eigenvalue weighted by Gasteiger charge is -2.20. The fourth-order valence-corrected chi connectivity index (χ4v) is 4.78. The Morgan fingerprint density at radius 1 is 1.21 bits per heavy atom. The van der Waals surface area contributed by atoms with Crippen LogP contribution in [0.3, 0.4) is 0 Å². The van der Waals surface area contributed by atoms with Gasteiger partial charge in [0.2, 0.25) is 15.9 Å². The van der Waals surface area contributed by atoms with E-state index in [4.69, 9.17) is 4.74 Å². The summed E-state index contributed by atoms with van der Waals surface area (Å²) in [5.74, 6) is -0.757. The van der Waals surface area contributed by atoms with Gasteiger partial charge in [-0.25, -0.2) is 18.2 Å². The molecule has 0 saturated heterocycles. The van der Waals surface area contributed by atoms with Crippen molar-refractivity contribution >= 4 is 38.9 Å². The van der Waals surface area contributed by atoms with Crippen LogP contribution in [-0.4, -0.2) is 42.7 Å². The van der Waals surface area contributed by atoms with Crippen LogP contribution >= 0.6 is 11.3 Å². The second-order valence-corrected chi connectivity index (χ2v) is 8.77. The summed E-state index contributed by atoms with van der Waals surface area (Å²) in [6.07, 6.45) is 0.624. The van der Waals surface area contributed by atoms with E-state index >= 15 is 0 Å². The SMILES string of the molecule is CCCN(Cc1nc(C(=O)OCC)cs1)S(=O)(=O)c1ccc(NC(C)=O)cc1. The molecule has 2 rings (SSSR count). The number of carbonyl (C=O) groups excluding carboxylic acids is 2. The van der Waals surface area contributed by atoms with Gasteiger partial charge < -0.3 is 10.1 Å². The highest BCUT2D eigenvalue weighted by atomic mass is 32.2. The Kier molecular flexibility index (Phi) is 7.67. The first-order valence-corrected chi connectivity index (χ1v) is 11.1. The van der Waals surface area contributed by atoms with Crippen LogP contribution in [-0.2, 0) is 26.1 Å². The van der Waals surface area contributed by atoms with Gasteiger partial charge in [-0.2, -0.15) is 4.31 Å². The number of sulfonamides is 1. The molecule has 1 aromatic carbocycles. The quantitative estimate of drug-likeness (QED) is 0.619. The number of esters is 1. The molecule has 1 aromatic heterocycles. The lowest BCUT2D eigenvalue weighted by atomic mass is 10.3. The van der Waals surface area contributed by atoms with Gasteiger partial charge in [0, 0.05) is 24.5 Å². The summed E-state index contributed by atoms with van der Waals surface area (Å²) < 4.78 is 32.3. The molecule has 0 radical (unpaired) electrons. The van der Waals surface area contributed by atoms with E-state index in [-0.39, 0.29) is 29.6 Å². The van der Waals surface area contributed by atoms with Crippen molar-refractivity contribution in [2.75, 3.05) is 18.5 Å². The van der Waals surface area contributed by atoms with Crippen molar-refractivity contribution in [2.45, 2.75) is 38.6 Å². The van der Waals surface area contributed by atoms with E-state index in [1.165, 1.54) is 34.7 Å². The molecule has 0 aliphatic rings. The van der Waals surface area contributed by atoms with Crippen LogP contribution in [0.5, 0.6) is 0 Å². The van der Waals surface area contributed by atoms with Crippen LogP contribution in [0.2, 0.25) is 0 Å². The molecule has 10 heteroatoms. The topological polar surface area (TPSA) is 106 Å². The minimum Gasteiger partial charge on any atom is -0.461 e. The maximum atomic E-state index is 13.0. The highest BCUT2D eigenvalue weighted by molar-refractivity contribution is 7.89. The molecule has 0 atom stereocenters. The van der Waals surface area contributed by atoms with E-state index < -0.39 is 16.0 Å². The summed E-state index contributed by atoms with van der Waals surface area (Å²) >= 11 is 1.21. The van der Waals surface area contributed by atoms with E-state index in [2.05, 4.69) is 10.3 Å². The number of hydrogen-bond acceptors (Lipinski definition) is 7. The third-order valence-electron chi connectivity index (χ3n) is 3.63. The molecule has 2 aromatic rings. The number of nitrogens with one attached hydrogen (secondary N) is 1. The summed E-state index contributed by atoms with van der Waals surface area (Å²) in [6.45, 7) is 5.59. The maximum absolute atomic E-state index is 13.0. The van der Waals surface area contributed by atoms with Crippen LogP contribution in [0.1, 0.15) is 42.7 Å². The second kappa shape index (κ2) is 9.76. The molecular weight excluding hydrogens is 402 g/mol. The Morgan fingerprint density at radius 2 is 1.89 bits per heavy atom. The van der Waals surface area contributed by atoms with E-state index in [0.717, 1.165) is 0 Å². The number of benzene rings is 1. The third-order valence-corrected chi connectivity index (χ3v) is 6.33. The molecule has 0 unspecified atom stereocenters. The first kappa shape index (κ1) is 22.0. The van der Waals surface area contributed by atoms with Gasteiger partial charge >= 0.3 is 5.97 Å². The molecule has 0 aliphatic heterocycles. The van der Waals surface area contributed by atoms with Crippen LogP contribution in [0.4, 0.5) is 5.69 Å². The summed E-state index contributed by atoms with van der Waals surface area (Å²) in [6, 6.07) is 5.99. The van der Waals surface area contributed by atoms with Crippen LogP contribution in [0, 0.1) is 0 Å². The summed E-state index contributed by atoms with van der Waals surface area (Å²) in [4.78, 5) is 27.2. The molecule has 0 fully saturated rings. The smallest absolute Gasteiger partial charge is 0.357 e. The van der Waals surface area contributed by atoms with Crippen molar-refractivity contribution < 1.29 is 22.7 Å². The van der Waals surface area contributed by atoms with E-state index in [0.29, 0.717) is 23.7 Å². The predicted octanol–water partition coefficient (Wildman–Crippen LogP) is 2.88. The zero-order valence-electron chi connectivity index (χ0n) is 16.0. The van der Waals surface area contributed by atoms with Gasteiger partial charge in [-0.3, -0.25) is 4.79 Å². The molecule has 28 heavy (non-hydrogen) atoms. The number of nitrogens with zero attached hydrogens (tertiary/aromatic N) is 2. The molecule has 8 nitrogen and oxygen atoms in total. The fraction of sp³-hybridized carbons (Fsp3) is 0.389. The molecule has 0 aliphatic carbocycles. The van der Waals surface area contributed by atoms with E-state index in [9.17, 15) is 18.0 Å². The highest BCUT2D eigenvalue weighted by Crippen LogP contribution is 2.22. The number of ether oxygens (including phenoxy) is 1. The average Bonchev–Trinajstić information content (AvgIpc) is 3.10. The number of hydrogen-bond donors (Lipinski definition) is 1. The summed E-state index contributed by atoms with van der Waals surface area (Å²) in [7, 11) is -3.76. The molecule has 152 valence electrons. The minimum atomic E-state index is -3.76. The number of aromatic nitrogens is 1. The van der Waals surface area contributed by atoms with Gasteiger partial charge in [0.25, 0.3) is 0 Å².